The highest BCUT2D eigenvalue weighted by molar-refractivity contribution is 6.30. The second-order valence-corrected chi connectivity index (χ2v) is 7.94. The monoisotopic (exact) mass is 434 g/mol. The van der Waals surface area contributed by atoms with Gasteiger partial charge in [-0.05, 0) is 35.2 Å². The molecule has 0 bridgehead atoms. The van der Waals surface area contributed by atoms with E-state index in [2.05, 4.69) is 5.32 Å². The number of hydrogen-bond acceptors (Lipinski definition) is 2. The lowest BCUT2D eigenvalue weighted by molar-refractivity contribution is -0.139. The molecule has 0 aliphatic rings. The van der Waals surface area contributed by atoms with Crippen molar-refractivity contribution >= 4 is 23.4 Å². The van der Waals surface area contributed by atoms with Crippen LogP contribution in [0.2, 0.25) is 5.02 Å². The average molecular weight is 435 g/mol. The number of halogens is 1. The maximum atomic E-state index is 13.2. The molecule has 3 aromatic rings. The third kappa shape index (κ3) is 6.97. The highest BCUT2D eigenvalue weighted by atomic mass is 35.5. The normalized spacial score (nSPS) is 11.5. The summed E-state index contributed by atoms with van der Waals surface area (Å²) in [5.41, 5.74) is 3.09. The molecule has 0 fully saturated rings. The summed E-state index contributed by atoms with van der Waals surface area (Å²) in [4.78, 5) is 27.4. The molecule has 0 saturated heterocycles. The minimum atomic E-state index is -0.605. The maximum Gasteiger partial charge on any atom is 0.243 e. The molecule has 0 aliphatic heterocycles. The zero-order valence-corrected chi connectivity index (χ0v) is 18.4. The Balaban J connectivity index is 1.76. The third-order valence-corrected chi connectivity index (χ3v) is 5.43. The van der Waals surface area contributed by atoms with E-state index in [9.17, 15) is 9.59 Å². The van der Waals surface area contributed by atoms with Gasteiger partial charge in [-0.25, -0.2) is 0 Å². The molecule has 0 saturated carbocycles. The lowest BCUT2D eigenvalue weighted by Gasteiger charge is -2.30. The van der Waals surface area contributed by atoms with Crippen molar-refractivity contribution in [3.05, 3.63) is 107 Å². The molecule has 1 N–H and O–H groups in total. The van der Waals surface area contributed by atoms with Crippen molar-refractivity contribution in [1.82, 2.24) is 10.2 Å². The molecule has 3 rings (SSSR count). The number of hydrogen-bond donors (Lipinski definition) is 1. The molecular weight excluding hydrogens is 408 g/mol. The van der Waals surface area contributed by atoms with Crippen molar-refractivity contribution in [3.8, 4) is 0 Å². The summed E-state index contributed by atoms with van der Waals surface area (Å²) in [7, 11) is 0. The van der Waals surface area contributed by atoms with Crippen molar-refractivity contribution in [2.24, 2.45) is 0 Å². The number of amides is 2. The van der Waals surface area contributed by atoms with E-state index in [0.29, 0.717) is 24.5 Å². The van der Waals surface area contributed by atoms with E-state index in [-0.39, 0.29) is 11.8 Å². The molecule has 2 amide bonds. The summed E-state index contributed by atoms with van der Waals surface area (Å²) in [6, 6.07) is 26.5. The zero-order chi connectivity index (χ0) is 22.1. The van der Waals surface area contributed by atoms with Gasteiger partial charge in [0.05, 0.1) is 0 Å². The number of rotatable bonds is 9. The highest BCUT2D eigenvalue weighted by Gasteiger charge is 2.28. The van der Waals surface area contributed by atoms with Gasteiger partial charge in [0.15, 0.2) is 0 Å². The van der Waals surface area contributed by atoms with E-state index in [1.165, 1.54) is 6.92 Å². The van der Waals surface area contributed by atoms with Crippen molar-refractivity contribution < 1.29 is 9.59 Å². The highest BCUT2D eigenvalue weighted by Crippen LogP contribution is 2.16. The summed E-state index contributed by atoms with van der Waals surface area (Å²) in [5, 5.41) is 3.66. The molecule has 0 spiro atoms. The second kappa shape index (κ2) is 11.3. The Morgan fingerprint density at radius 2 is 1.42 bits per heavy atom. The molecule has 0 aromatic heterocycles. The molecule has 0 heterocycles. The number of nitrogens with one attached hydrogen (secondary N) is 1. The first-order chi connectivity index (χ1) is 15.0. The maximum absolute atomic E-state index is 13.2. The fraction of sp³-hybridized carbons (Fsp3) is 0.231. The van der Waals surface area contributed by atoms with Crippen LogP contribution in [0.4, 0.5) is 0 Å². The Hall–Kier alpha value is -3.11. The molecule has 1 unspecified atom stereocenters. The minimum absolute atomic E-state index is 0.144. The Kier molecular flexibility index (Phi) is 8.25. The fourth-order valence-electron chi connectivity index (χ4n) is 3.50. The summed E-state index contributed by atoms with van der Waals surface area (Å²) >= 11 is 5.99. The quantitative estimate of drug-likeness (QED) is 0.532. The smallest absolute Gasteiger partial charge is 0.243 e. The Bertz CT molecular complexity index is 975. The van der Waals surface area contributed by atoms with Crippen LogP contribution in [0.5, 0.6) is 0 Å². The molecule has 0 radical (unpaired) electrons. The molecule has 5 heteroatoms. The van der Waals surface area contributed by atoms with E-state index >= 15 is 0 Å². The molecular formula is C26H27ClN2O2. The summed E-state index contributed by atoms with van der Waals surface area (Å²) < 4.78 is 0. The van der Waals surface area contributed by atoms with Crippen LogP contribution in [0.15, 0.2) is 84.9 Å². The number of benzene rings is 3. The first-order valence-electron chi connectivity index (χ1n) is 10.4. The first kappa shape index (κ1) is 22.6. The SMILES string of the molecule is CC(=O)N(Cc1ccc(Cl)cc1)C(Cc1ccccc1)C(=O)NCCc1ccccc1. The zero-order valence-electron chi connectivity index (χ0n) is 17.6. The molecule has 1 atom stereocenters. The van der Waals surface area contributed by atoms with Gasteiger partial charge < -0.3 is 10.2 Å². The van der Waals surface area contributed by atoms with Crippen molar-refractivity contribution in [2.45, 2.75) is 32.4 Å². The predicted octanol–water partition coefficient (Wildman–Crippen LogP) is 4.66. The van der Waals surface area contributed by atoms with Crippen molar-refractivity contribution in [3.63, 3.8) is 0 Å². The van der Waals surface area contributed by atoms with Crippen LogP contribution in [0.25, 0.3) is 0 Å². The number of nitrogens with zero attached hydrogens (tertiary/aromatic N) is 1. The Morgan fingerprint density at radius 3 is 2.00 bits per heavy atom. The van der Waals surface area contributed by atoms with Crippen LogP contribution in [0, 0.1) is 0 Å². The van der Waals surface area contributed by atoms with Crippen molar-refractivity contribution in [1.29, 1.82) is 0 Å². The molecule has 4 nitrogen and oxygen atoms in total. The Labute approximate surface area is 188 Å². The van der Waals surface area contributed by atoms with Gasteiger partial charge in [0, 0.05) is 31.5 Å². The number of carbonyl (C=O) groups excluding carboxylic acids is 2. The third-order valence-electron chi connectivity index (χ3n) is 5.18. The summed E-state index contributed by atoms with van der Waals surface area (Å²) in [6.07, 6.45) is 1.19. The van der Waals surface area contributed by atoms with Gasteiger partial charge in [-0.15, -0.1) is 0 Å². The molecule has 31 heavy (non-hydrogen) atoms. The van der Waals surface area contributed by atoms with Gasteiger partial charge in [-0.1, -0.05) is 84.4 Å². The molecule has 3 aromatic carbocycles. The van der Waals surface area contributed by atoms with Gasteiger partial charge in [0.2, 0.25) is 11.8 Å². The van der Waals surface area contributed by atoms with Crippen LogP contribution in [-0.2, 0) is 29.0 Å². The fourth-order valence-corrected chi connectivity index (χ4v) is 3.63. The average Bonchev–Trinajstić information content (AvgIpc) is 2.78. The largest absolute Gasteiger partial charge is 0.354 e. The van der Waals surface area contributed by atoms with Gasteiger partial charge in [-0.3, -0.25) is 9.59 Å². The Morgan fingerprint density at radius 1 is 0.839 bits per heavy atom. The topological polar surface area (TPSA) is 49.4 Å². The van der Waals surface area contributed by atoms with Crippen molar-refractivity contribution in [2.75, 3.05) is 6.54 Å². The van der Waals surface area contributed by atoms with E-state index in [1.807, 2.05) is 72.8 Å². The van der Waals surface area contributed by atoms with Crippen LogP contribution in [0.1, 0.15) is 23.6 Å². The first-order valence-corrected chi connectivity index (χ1v) is 10.8. The minimum Gasteiger partial charge on any atom is -0.354 e. The second-order valence-electron chi connectivity index (χ2n) is 7.51. The van der Waals surface area contributed by atoms with Gasteiger partial charge in [0.1, 0.15) is 6.04 Å². The van der Waals surface area contributed by atoms with Crippen LogP contribution in [-0.4, -0.2) is 29.3 Å². The van der Waals surface area contributed by atoms with E-state index in [1.54, 1.807) is 17.0 Å². The van der Waals surface area contributed by atoms with Gasteiger partial charge in [-0.2, -0.15) is 0 Å². The van der Waals surface area contributed by atoms with E-state index < -0.39 is 6.04 Å². The molecule has 160 valence electrons. The van der Waals surface area contributed by atoms with Crippen LogP contribution < -0.4 is 5.32 Å². The van der Waals surface area contributed by atoms with E-state index in [0.717, 1.165) is 23.1 Å². The summed E-state index contributed by atoms with van der Waals surface area (Å²) in [6.45, 7) is 2.36. The predicted molar refractivity (Wildman–Crippen MR) is 125 cm³/mol. The molecule has 0 aliphatic carbocycles. The lowest BCUT2D eigenvalue weighted by atomic mass is 10.0. The summed E-state index contributed by atoms with van der Waals surface area (Å²) in [5.74, 6) is -0.293. The van der Waals surface area contributed by atoms with Crippen LogP contribution in [0.3, 0.4) is 0 Å². The van der Waals surface area contributed by atoms with E-state index in [4.69, 9.17) is 11.6 Å². The van der Waals surface area contributed by atoms with Gasteiger partial charge in [0.25, 0.3) is 0 Å². The lowest BCUT2D eigenvalue weighted by Crippen LogP contribution is -2.50. The van der Waals surface area contributed by atoms with Crippen LogP contribution >= 0.6 is 11.6 Å². The number of carbonyl (C=O) groups is 2. The standard InChI is InChI=1S/C26H27ClN2O2/c1-20(30)29(19-23-12-14-24(27)15-13-23)25(18-22-10-6-3-7-11-22)26(31)28-17-16-21-8-4-2-5-9-21/h2-15,25H,16-19H2,1H3,(H,28,31). The van der Waals surface area contributed by atoms with Gasteiger partial charge >= 0.3 is 0 Å².